The summed E-state index contributed by atoms with van der Waals surface area (Å²) in [5.41, 5.74) is 2.67. The molecule has 0 saturated carbocycles. The number of likely N-dealkylation sites (N-methyl/N-ethyl adjacent to an activating group) is 1. The Labute approximate surface area is 133 Å². The molecule has 108 valence electrons. The number of thiophene rings is 1. The molecule has 0 bridgehead atoms. The predicted molar refractivity (Wildman–Crippen MR) is 92.8 cm³/mol. The van der Waals surface area contributed by atoms with Crippen LogP contribution in [0.5, 0.6) is 0 Å². The van der Waals surface area contributed by atoms with Crippen molar-refractivity contribution in [1.29, 1.82) is 0 Å². The van der Waals surface area contributed by atoms with Crippen molar-refractivity contribution in [1.82, 2.24) is 5.32 Å². The van der Waals surface area contributed by atoms with Gasteiger partial charge in [0, 0.05) is 47.1 Å². The molecule has 0 unspecified atom stereocenters. The summed E-state index contributed by atoms with van der Waals surface area (Å²) in [4.78, 5) is 3.66. The van der Waals surface area contributed by atoms with Gasteiger partial charge in [-0.05, 0) is 46.1 Å². The molecule has 1 aromatic heterocycles. The summed E-state index contributed by atoms with van der Waals surface area (Å²) >= 11 is 5.27. The van der Waals surface area contributed by atoms with Crippen LogP contribution in [0.4, 0.5) is 5.69 Å². The molecule has 1 N–H and O–H groups in total. The highest BCUT2D eigenvalue weighted by molar-refractivity contribution is 9.10. The van der Waals surface area contributed by atoms with Gasteiger partial charge in [0.1, 0.15) is 0 Å². The SMILES string of the molecule is CCc1ccc(N(C)CCNCc2cc(Br)cs2)cc1. The highest BCUT2D eigenvalue weighted by Crippen LogP contribution is 2.19. The molecule has 2 nitrogen and oxygen atoms in total. The van der Waals surface area contributed by atoms with Crippen LogP contribution in [-0.2, 0) is 13.0 Å². The van der Waals surface area contributed by atoms with Crippen molar-refractivity contribution >= 4 is 33.0 Å². The third kappa shape index (κ3) is 4.62. The fraction of sp³-hybridized carbons (Fsp3) is 0.375. The van der Waals surface area contributed by atoms with Crippen molar-refractivity contribution < 1.29 is 0 Å². The third-order valence-corrected chi connectivity index (χ3v) is 5.03. The minimum absolute atomic E-state index is 0.943. The van der Waals surface area contributed by atoms with Gasteiger partial charge in [-0.1, -0.05) is 19.1 Å². The Bertz CT molecular complexity index is 522. The Balaban J connectivity index is 1.72. The molecule has 20 heavy (non-hydrogen) atoms. The molecule has 2 rings (SSSR count). The summed E-state index contributed by atoms with van der Waals surface area (Å²) in [7, 11) is 2.14. The average Bonchev–Trinajstić information content (AvgIpc) is 2.89. The molecule has 0 saturated heterocycles. The second-order valence-corrected chi connectivity index (χ2v) is 6.76. The van der Waals surface area contributed by atoms with Crippen molar-refractivity contribution in [3.05, 3.63) is 50.6 Å². The predicted octanol–water partition coefficient (Wildman–Crippen LogP) is 4.30. The van der Waals surface area contributed by atoms with Crippen LogP contribution in [0.3, 0.4) is 0 Å². The fourth-order valence-electron chi connectivity index (χ4n) is 2.02. The lowest BCUT2D eigenvalue weighted by molar-refractivity contribution is 0.685. The van der Waals surface area contributed by atoms with Gasteiger partial charge in [-0.15, -0.1) is 11.3 Å². The molecule has 0 radical (unpaired) electrons. The van der Waals surface area contributed by atoms with E-state index in [4.69, 9.17) is 0 Å². The molecule has 0 aliphatic rings. The number of aryl methyl sites for hydroxylation is 1. The summed E-state index contributed by atoms with van der Waals surface area (Å²) in [6.07, 6.45) is 1.10. The summed E-state index contributed by atoms with van der Waals surface area (Å²) < 4.78 is 1.17. The molecule has 0 aliphatic carbocycles. The number of nitrogens with zero attached hydrogens (tertiary/aromatic N) is 1. The lowest BCUT2D eigenvalue weighted by atomic mass is 10.1. The van der Waals surface area contributed by atoms with Gasteiger partial charge >= 0.3 is 0 Å². The van der Waals surface area contributed by atoms with Crippen LogP contribution >= 0.6 is 27.3 Å². The first-order valence-corrected chi connectivity index (χ1v) is 8.60. The van der Waals surface area contributed by atoms with E-state index in [2.05, 4.69) is 75.8 Å². The third-order valence-electron chi connectivity index (χ3n) is 3.33. The van der Waals surface area contributed by atoms with Crippen molar-refractivity contribution in [2.24, 2.45) is 0 Å². The Hall–Kier alpha value is -0.840. The van der Waals surface area contributed by atoms with E-state index >= 15 is 0 Å². The zero-order valence-electron chi connectivity index (χ0n) is 12.0. The van der Waals surface area contributed by atoms with Crippen LogP contribution in [0.25, 0.3) is 0 Å². The minimum atomic E-state index is 0.943. The number of rotatable bonds is 7. The van der Waals surface area contributed by atoms with Gasteiger partial charge in [-0.2, -0.15) is 0 Å². The lowest BCUT2D eigenvalue weighted by Crippen LogP contribution is -2.28. The quantitative estimate of drug-likeness (QED) is 0.747. The van der Waals surface area contributed by atoms with Crippen LogP contribution in [0.1, 0.15) is 17.4 Å². The molecule has 4 heteroatoms. The van der Waals surface area contributed by atoms with Crippen LogP contribution in [-0.4, -0.2) is 20.1 Å². The van der Waals surface area contributed by atoms with E-state index in [0.717, 1.165) is 26.1 Å². The Morgan fingerprint density at radius 3 is 2.60 bits per heavy atom. The van der Waals surface area contributed by atoms with Crippen molar-refractivity contribution in [3.8, 4) is 0 Å². The molecule has 1 aromatic carbocycles. The van der Waals surface area contributed by atoms with Gasteiger partial charge in [0.25, 0.3) is 0 Å². The van der Waals surface area contributed by atoms with E-state index in [1.807, 2.05) is 0 Å². The lowest BCUT2D eigenvalue weighted by Gasteiger charge is -2.19. The van der Waals surface area contributed by atoms with E-state index in [-0.39, 0.29) is 0 Å². The van der Waals surface area contributed by atoms with E-state index in [0.29, 0.717) is 0 Å². The van der Waals surface area contributed by atoms with E-state index in [1.165, 1.54) is 20.6 Å². The zero-order valence-corrected chi connectivity index (χ0v) is 14.4. The monoisotopic (exact) mass is 352 g/mol. The first-order chi connectivity index (χ1) is 9.69. The van der Waals surface area contributed by atoms with Gasteiger partial charge < -0.3 is 10.2 Å². The standard InChI is InChI=1S/C16H21BrN2S/c1-3-13-4-6-15(7-5-13)19(2)9-8-18-11-16-10-14(17)12-20-16/h4-7,10,12,18H,3,8-9,11H2,1-2H3. The molecule has 0 atom stereocenters. The Kier molecular flexibility index (Phi) is 6.07. The van der Waals surface area contributed by atoms with Crippen LogP contribution in [0.15, 0.2) is 40.2 Å². The van der Waals surface area contributed by atoms with Gasteiger partial charge in [0.05, 0.1) is 0 Å². The maximum atomic E-state index is 3.49. The van der Waals surface area contributed by atoms with E-state index in [1.54, 1.807) is 11.3 Å². The molecule has 0 aliphatic heterocycles. The number of hydrogen-bond acceptors (Lipinski definition) is 3. The van der Waals surface area contributed by atoms with Crippen molar-refractivity contribution in [2.75, 3.05) is 25.0 Å². The summed E-state index contributed by atoms with van der Waals surface area (Å²) in [6, 6.07) is 11.0. The normalized spacial score (nSPS) is 10.8. The van der Waals surface area contributed by atoms with Gasteiger partial charge in [-0.25, -0.2) is 0 Å². The smallest absolute Gasteiger partial charge is 0.0364 e. The highest BCUT2D eigenvalue weighted by atomic mass is 79.9. The average molecular weight is 353 g/mol. The molecule has 0 fully saturated rings. The Morgan fingerprint density at radius 2 is 2.00 bits per heavy atom. The zero-order chi connectivity index (χ0) is 14.4. The first kappa shape index (κ1) is 15.5. The van der Waals surface area contributed by atoms with Gasteiger partial charge in [-0.3, -0.25) is 0 Å². The van der Waals surface area contributed by atoms with Crippen LogP contribution in [0, 0.1) is 0 Å². The number of benzene rings is 1. The van der Waals surface area contributed by atoms with Gasteiger partial charge in [0.15, 0.2) is 0 Å². The molecule has 0 spiro atoms. The van der Waals surface area contributed by atoms with Crippen molar-refractivity contribution in [2.45, 2.75) is 19.9 Å². The van der Waals surface area contributed by atoms with Crippen molar-refractivity contribution in [3.63, 3.8) is 0 Å². The van der Waals surface area contributed by atoms with E-state index < -0.39 is 0 Å². The summed E-state index contributed by atoms with van der Waals surface area (Å²) in [5, 5.41) is 5.61. The molecule has 2 aromatic rings. The van der Waals surface area contributed by atoms with Crippen LogP contribution in [0.2, 0.25) is 0 Å². The number of anilines is 1. The summed E-state index contributed by atoms with van der Waals surface area (Å²) in [5.74, 6) is 0. The second-order valence-electron chi connectivity index (χ2n) is 4.85. The maximum Gasteiger partial charge on any atom is 0.0364 e. The topological polar surface area (TPSA) is 15.3 Å². The maximum absolute atomic E-state index is 3.49. The van der Waals surface area contributed by atoms with E-state index in [9.17, 15) is 0 Å². The minimum Gasteiger partial charge on any atom is -0.373 e. The molecular formula is C16H21BrN2S. The Morgan fingerprint density at radius 1 is 1.25 bits per heavy atom. The number of nitrogens with one attached hydrogen (secondary N) is 1. The second kappa shape index (κ2) is 7.81. The summed E-state index contributed by atoms with van der Waals surface area (Å²) in [6.45, 7) is 5.13. The highest BCUT2D eigenvalue weighted by Gasteiger charge is 2.01. The molecule has 1 heterocycles. The number of hydrogen-bond donors (Lipinski definition) is 1. The van der Waals surface area contributed by atoms with Gasteiger partial charge in [0.2, 0.25) is 0 Å². The largest absolute Gasteiger partial charge is 0.373 e. The molecular weight excluding hydrogens is 332 g/mol. The molecule has 0 amide bonds. The van der Waals surface area contributed by atoms with Crippen LogP contribution < -0.4 is 10.2 Å². The first-order valence-electron chi connectivity index (χ1n) is 6.92. The number of halogens is 1. The fourth-order valence-corrected chi connectivity index (χ4v) is 3.44.